The Balaban J connectivity index is 2.47. The van der Waals surface area contributed by atoms with Crippen molar-refractivity contribution in [3.8, 4) is 0 Å². The van der Waals surface area contributed by atoms with E-state index >= 15 is 0 Å². The number of anilines is 1. The molecular formula is C14H18Cl2N4O3. The average molecular weight is 361 g/mol. The summed E-state index contributed by atoms with van der Waals surface area (Å²) < 4.78 is 0. The van der Waals surface area contributed by atoms with E-state index in [0.717, 1.165) is 6.42 Å². The van der Waals surface area contributed by atoms with Crippen molar-refractivity contribution in [1.29, 1.82) is 0 Å². The van der Waals surface area contributed by atoms with Crippen LogP contribution in [0.2, 0.25) is 10.0 Å². The number of nitrogens with one attached hydrogen (secondary N) is 4. The van der Waals surface area contributed by atoms with Crippen LogP contribution in [0.5, 0.6) is 0 Å². The van der Waals surface area contributed by atoms with Crippen molar-refractivity contribution in [2.24, 2.45) is 0 Å². The van der Waals surface area contributed by atoms with Crippen LogP contribution in [0.25, 0.3) is 0 Å². The SMILES string of the molecule is CCCNC(=O)[C@@H](C)NC(=O)C(=O)NNc1ccc(Cl)cc1Cl. The summed E-state index contributed by atoms with van der Waals surface area (Å²) in [6.45, 7) is 3.89. The van der Waals surface area contributed by atoms with Gasteiger partial charge < -0.3 is 10.6 Å². The Bertz CT molecular complexity index is 595. The predicted molar refractivity (Wildman–Crippen MR) is 89.1 cm³/mol. The molecule has 0 aromatic heterocycles. The van der Waals surface area contributed by atoms with Gasteiger partial charge in [0.1, 0.15) is 6.04 Å². The van der Waals surface area contributed by atoms with Crippen LogP contribution in [0, 0.1) is 0 Å². The summed E-state index contributed by atoms with van der Waals surface area (Å²) >= 11 is 11.7. The maximum atomic E-state index is 11.7. The molecule has 1 rings (SSSR count). The Kier molecular flexibility index (Phi) is 7.64. The van der Waals surface area contributed by atoms with Crippen LogP contribution in [0.4, 0.5) is 5.69 Å². The first kappa shape index (κ1) is 19.1. The van der Waals surface area contributed by atoms with Crippen LogP contribution in [0.1, 0.15) is 20.3 Å². The molecular weight excluding hydrogens is 343 g/mol. The maximum absolute atomic E-state index is 11.7. The van der Waals surface area contributed by atoms with E-state index < -0.39 is 17.9 Å². The molecule has 0 saturated heterocycles. The minimum atomic E-state index is -0.953. The topological polar surface area (TPSA) is 99.3 Å². The molecule has 0 bridgehead atoms. The second-order valence-electron chi connectivity index (χ2n) is 4.69. The number of hydrogen-bond donors (Lipinski definition) is 4. The fraction of sp³-hybridized carbons (Fsp3) is 0.357. The third kappa shape index (κ3) is 6.33. The summed E-state index contributed by atoms with van der Waals surface area (Å²) in [6, 6.07) is 3.78. The van der Waals surface area contributed by atoms with Crippen LogP contribution in [-0.4, -0.2) is 30.3 Å². The van der Waals surface area contributed by atoms with Crippen molar-refractivity contribution in [3.05, 3.63) is 28.2 Å². The first-order valence-corrected chi connectivity index (χ1v) is 7.70. The smallest absolute Gasteiger partial charge is 0.327 e. The van der Waals surface area contributed by atoms with E-state index in [1.807, 2.05) is 6.92 Å². The van der Waals surface area contributed by atoms with Crippen LogP contribution >= 0.6 is 23.2 Å². The van der Waals surface area contributed by atoms with E-state index in [-0.39, 0.29) is 10.9 Å². The summed E-state index contributed by atoms with van der Waals surface area (Å²) in [4.78, 5) is 35.0. The van der Waals surface area contributed by atoms with Gasteiger partial charge in [-0.1, -0.05) is 30.1 Å². The van der Waals surface area contributed by atoms with E-state index in [4.69, 9.17) is 23.2 Å². The number of rotatable bonds is 6. The fourth-order valence-electron chi connectivity index (χ4n) is 1.50. The molecule has 0 fully saturated rings. The van der Waals surface area contributed by atoms with E-state index in [1.165, 1.54) is 13.0 Å². The maximum Gasteiger partial charge on any atom is 0.327 e. The van der Waals surface area contributed by atoms with Crippen molar-refractivity contribution in [2.45, 2.75) is 26.3 Å². The molecule has 3 amide bonds. The quantitative estimate of drug-likeness (QED) is 0.455. The van der Waals surface area contributed by atoms with Gasteiger partial charge in [0.15, 0.2) is 0 Å². The van der Waals surface area contributed by atoms with Gasteiger partial charge in [0.25, 0.3) is 0 Å². The van der Waals surface area contributed by atoms with E-state index in [0.29, 0.717) is 17.3 Å². The summed E-state index contributed by atoms with van der Waals surface area (Å²) in [7, 11) is 0. The molecule has 0 saturated carbocycles. The Morgan fingerprint density at radius 3 is 2.48 bits per heavy atom. The predicted octanol–water partition coefficient (Wildman–Crippen LogP) is 1.47. The highest BCUT2D eigenvalue weighted by Crippen LogP contribution is 2.24. The Labute approximate surface area is 144 Å². The number of benzene rings is 1. The molecule has 7 nitrogen and oxygen atoms in total. The molecule has 0 aliphatic carbocycles. The van der Waals surface area contributed by atoms with Crippen LogP contribution in [-0.2, 0) is 14.4 Å². The first-order chi connectivity index (χ1) is 10.8. The standard InChI is InChI=1S/C14H18Cl2N4O3/c1-3-6-17-12(21)8(2)18-13(22)14(23)20-19-11-5-4-9(15)7-10(11)16/h4-5,7-8,19H,3,6H2,1-2H3,(H,17,21)(H,18,22)(H,20,23)/t8-/m1/s1. The lowest BCUT2D eigenvalue weighted by molar-refractivity contribution is -0.140. The zero-order valence-electron chi connectivity index (χ0n) is 12.7. The van der Waals surface area contributed by atoms with Gasteiger partial charge in [-0.3, -0.25) is 25.2 Å². The number of halogens is 2. The minimum Gasteiger partial charge on any atom is -0.354 e. The molecule has 0 unspecified atom stereocenters. The van der Waals surface area contributed by atoms with Gasteiger partial charge in [-0.05, 0) is 31.5 Å². The van der Waals surface area contributed by atoms with Gasteiger partial charge >= 0.3 is 11.8 Å². The first-order valence-electron chi connectivity index (χ1n) is 6.94. The fourth-order valence-corrected chi connectivity index (χ4v) is 1.96. The lowest BCUT2D eigenvalue weighted by atomic mass is 10.3. The number of carbonyl (C=O) groups is 3. The molecule has 0 spiro atoms. The molecule has 1 atom stereocenters. The highest BCUT2D eigenvalue weighted by Gasteiger charge is 2.20. The molecule has 0 aliphatic heterocycles. The highest BCUT2D eigenvalue weighted by molar-refractivity contribution is 6.37. The van der Waals surface area contributed by atoms with Gasteiger partial charge in [-0.2, -0.15) is 0 Å². The van der Waals surface area contributed by atoms with Gasteiger partial charge in [0.2, 0.25) is 5.91 Å². The number of hydrogen-bond acceptors (Lipinski definition) is 4. The second-order valence-corrected chi connectivity index (χ2v) is 5.53. The van der Waals surface area contributed by atoms with E-state index in [1.54, 1.807) is 12.1 Å². The van der Waals surface area contributed by atoms with Gasteiger partial charge in [0, 0.05) is 11.6 Å². The normalized spacial score (nSPS) is 11.3. The van der Waals surface area contributed by atoms with Gasteiger partial charge in [0.05, 0.1) is 10.7 Å². The summed E-state index contributed by atoms with van der Waals surface area (Å²) in [6.07, 6.45) is 0.776. The van der Waals surface area contributed by atoms with Crippen molar-refractivity contribution in [2.75, 3.05) is 12.0 Å². The molecule has 0 radical (unpaired) electrons. The zero-order chi connectivity index (χ0) is 17.4. The average Bonchev–Trinajstić information content (AvgIpc) is 2.51. The van der Waals surface area contributed by atoms with Crippen molar-refractivity contribution in [3.63, 3.8) is 0 Å². The lowest BCUT2D eigenvalue weighted by Crippen LogP contribution is -2.50. The monoisotopic (exact) mass is 360 g/mol. The summed E-state index contributed by atoms with van der Waals surface area (Å²) in [5.41, 5.74) is 5.07. The zero-order valence-corrected chi connectivity index (χ0v) is 14.2. The van der Waals surface area contributed by atoms with E-state index in [2.05, 4.69) is 21.5 Å². The Morgan fingerprint density at radius 2 is 1.87 bits per heavy atom. The molecule has 23 heavy (non-hydrogen) atoms. The summed E-state index contributed by atoms with van der Waals surface area (Å²) in [5.74, 6) is -2.26. The Morgan fingerprint density at radius 1 is 1.17 bits per heavy atom. The van der Waals surface area contributed by atoms with Crippen molar-refractivity contribution in [1.82, 2.24) is 16.1 Å². The molecule has 1 aromatic carbocycles. The van der Waals surface area contributed by atoms with Crippen LogP contribution < -0.4 is 21.5 Å². The van der Waals surface area contributed by atoms with Gasteiger partial charge in [-0.15, -0.1) is 0 Å². The second kappa shape index (κ2) is 9.22. The molecule has 1 aromatic rings. The van der Waals surface area contributed by atoms with Gasteiger partial charge in [-0.25, -0.2) is 0 Å². The van der Waals surface area contributed by atoms with Crippen molar-refractivity contribution >= 4 is 46.6 Å². The van der Waals surface area contributed by atoms with E-state index in [9.17, 15) is 14.4 Å². The molecule has 0 heterocycles. The highest BCUT2D eigenvalue weighted by atomic mass is 35.5. The molecule has 4 N–H and O–H groups in total. The minimum absolute atomic E-state index is 0.283. The van der Waals surface area contributed by atoms with Crippen LogP contribution in [0.3, 0.4) is 0 Å². The largest absolute Gasteiger partial charge is 0.354 e. The third-order valence-corrected chi connectivity index (χ3v) is 3.29. The number of amides is 3. The summed E-state index contributed by atoms with van der Waals surface area (Å²) in [5, 5.41) is 5.63. The molecule has 9 heteroatoms. The van der Waals surface area contributed by atoms with Crippen LogP contribution in [0.15, 0.2) is 18.2 Å². The Hall–Kier alpha value is -1.99. The molecule has 0 aliphatic rings. The number of hydrazine groups is 1. The molecule has 126 valence electrons. The lowest BCUT2D eigenvalue weighted by Gasteiger charge is -2.14. The number of carbonyl (C=O) groups excluding carboxylic acids is 3. The van der Waals surface area contributed by atoms with Crippen molar-refractivity contribution < 1.29 is 14.4 Å². The third-order valence-electron chi connectivity index (χ3n) is 2.74.